The number of benzene rings is 2. The average molecular weight is 376 g/mol. The smallest absolute Gasteiger partial charge is 0.279 e. The molecule has 0 fully saturated rings. The molecule has 130 valence electrons. The van der Waals surface area contributed by atoms with Gasteiger partial charge in [-0.2, -0.15) is 4.99 Å². The molecule has 2 aromatic carbocycles. The van der Waals surface area contributed by atoms with Crippen LogP contribution in [0.5, 0.6) is 5.75 Å². The Hall–Kier alpha value is -2.45. The van der Waals surface area contributed by atoms with Crippen LogP contribution in [0.1, 0.15) is 10.4 Å². The van der Waals surface area contributed by atoms with Crippen molar-refractivity contribution in [3.8, 4) is 5.75 Å². The van der Waals surface area contributed by atoms with E-state index >= 15 is 0 Å². The molecule has 3 aromatic rings. The molecule has 0 radical (unpaired) electrons. The standard InChI is InChI=1S/C17H16N2O4S2/c1-19-14-8-7-13(25(3,21)22)10-15(14)24-17(19)18-16(20)11-5-4-6-12(9-11)23-2/h4-10H,1-3H3. The van der Waals surface area contributed by atoms with Crippen LogP contribution in [0.15, 0.2) is 52.4 Å². The van der Waals surface area contributed by atoms with Gasteiger partial charge in [0.2, 0.25) is 0 Å². The largest absolute Gasteiger partial charge is 0.497 e. The summed E-state index contributed by atoms with van der Waals surface area (Å²) in [5, 5.41) is 0. The number of hydrogen-bond donors (Lipinski definition) is 0. The Bertz CT molecular complexity index is 1140. The highest BCUT2D eigenvalue weighted by Crippen LogP contribution is 2.21. The van der Waals surface area contributed by atoms with Crippen molar-refractivity contribution in [3.63, 3.8) is 0 Å². The number of fused-ring (bicyclic) bond motifs is 1. The van der Waals surface area contributed by atoms with Crippen LogP contribution in [0.25, 0.3) is 10.2 Å². The van der Waals surface area contributed by atoms with Gasteiger partial charge in [-0.15, -0.1) is 0 Å². The molecule has 0 atom stereocenters. The van der Waals surface area contributed by atoms with E-state index in [1.54, 1.807) is 54.1 Å². The predicted octanol–water partition coefficient (Wildman–Crippen LogP) is 2.39. The first kappa shape index (κ1) is 17.4. The van der Waals surface area contributed by atoms with E-state index in [9.17, 15) is 13.2 Å². The Morgan fingerprint density at radius 3 is 2.64 bits per heavy atom. The van der Waals surface area contributed by atoms with E-state index in [0.29, 0.717) is 16.1 Å². The molecule has 0 aliphatic carbocycles. The van der Waals surface area contributed by atoms with Crippen molar-refractivity contribution in [1.29, 1.82) is 0 Å². The van der Waals surface area contributed by atoms with Crippen molar-refractivity contribution in [3.05, 3.63) is 52.8 Å². The number of methoxy groups -OCH3 is 1. The zero-order chi connectivity index (χ0) is 18.2. The number of amides is 1. The number of sulfone groups is 1. The van der Waals surface area contributed by atoms with Crippen molar-refractivity contribution in [1.82, 2.24) is 4.57 Å². The highest BCUT2D eigenvalue weighted by molar-refractivity contribution is 7.90. The van der Waals surface area contributed by atoms with Gasteiger partial charge in [0.25, 0.3) is 5.91 Å². The zero-order valence-corrected chi connectivity index (χ0v) is 15.5. The first-order valence-electron chi connectivity index (χ1n) is 7.32. The number of carbonyl (C=O) groups is 1. The minimum Gasteiger partial charge on any atom is -0.497 e. The van der Waals surface area contributed by atoms with Crippen LogP contribution in [0.2, 0.25) is 0 Å². The van der Waals surface area contributed by atoms with Gasteiger partial charge < -0.3 is 9.30 Å². The van der Waals surface area contributed by atoms with Crippen molar-refractivity contribution in [2.24, 2.45) is 12.0 Å². The third-order valence-electron chi connectivity index (χ3n) is 3.72. The Labute approximate surface area is 148 Å². The fourth-order valence-corrected chi connectivity index (χ4v) is 4.14. The summed E-state index contributed by atoms with van der Waals surface area (Å²) >= 11 is 1.27. The topological polar surface area (TPSA) is 77.7 Å². The van der Waals surface area contributed by atoms with Gasteiger partial charge in [0.05, 0.1) is 22.2 Å². The highest BCUT2D eigenvalue weighted by Gasteiger charge is 2.12. The van der Waals surface area contributed by atoms with Gasteiger partial charge in [-0.05, 0) is 36.4 Å². The summed E-state index contributed by atoms with van der Waals surface area (Å²) in [5.41, 5.74) is 1.24. The summed E-state index contributed by atoms with van der Waals surface area (Å²) in [6, 6.07) is 11.7. The number of aryl methyl sites for hydroxylation is 1. The molecule has 8 heteroatoms. The summed E-state index contributed by atoms with van der Waals surface area (Å²) in [6.07, 6.45) is 1.17. The maximum Gasteiger partial charge on any atom is 0.279 e. The molecule has 25 heavy (non-hydrogen) atoms. The molecule has 1 heterocycles. The van der Waals surface area contributed by atoms with Crippen LogP contribution in [0.4, 0.5) is 0 Å². The molecular formula is C17H16N2O4S2. The predicted molar refractivity (Wildman–Crippen MR) is 96.8 cm³/mol. The molecule has 0 saturated heterocycles. The van der Waals surface area contributed by atoms with E-state index < -0.39 is 9.84 Å². The van der Waals surface area contributed by atoms with Crippen LogP contribution in [0.3, 0.4) is 0 Å². The SMILES string of the molecule is COc1cccc(C(=O)N=c2sc3cc(S(C)(=O)=O)ccc3n2C)c1. The van der Waals surface area contributed by atoms with E-state index in [2.05, 4.69) is 4.99 Å². The minimum absolute atomic E-state index is 0.243. The zero-order valence-electron chi connectivity index (χ0n) is 13.9. The van der Waals surface area contributed by atoms with Gasteiger partial charge >= 0.3 is 0 Å². The number of ether oxygens (including phenoxy) is 1. The van der Waals surface area contributed by atoms with E-state index in [0.717, 1.165) is 10.2 Å². The van der Waals surface area contributed by atoms with Crippen molar-refractivity contribution >= 4 is 37.3 Å². The molecule has 3 rings (SSSR count). The van der Waals surface area contributed by atoms with Gasteiger partial charge in [-0.1, -0.05) is 17.4 Å². The quantitative estimate of drug-likeness (QED) is 0.703. The number of thiazole rings is 1. The molecule has 0 bridgehead atoms. The number of carbonyl (C=O) groups excluding carboxylic acids is 1. The van der Waals surface area contributed by atoms with Gasteiger partial charge in [-0.25, -0.2) is 8.42 Å². The van der Waals surface area contributed by atoms with Crippen molar-refractivity contribution < 1.29 is 17.9 Å². The van der Waals surface area contributed by atoms with Gasteiger partial charge in [0, 0.05) is 18.9 Å². The second-order valence-electron chi connectivity index (χ2n) is 5.49. The fraction of sp³-hybridized carbons (Fsp3) is 0.176. The van der Waals surface area contributed by atoms with Crippen LogP contribution < -0.4 is 9.54 Å². The molecule has 0 spiro atoms. The lowest BCUT2D eigenvalue weighted by Crippen LogP contribution is -2.13. The third-order valence-corrected chi connectivity index (χ3v) is 5.93. The summed E-state index contributed by atoms with van der Waals surface area (Å²) in [6.45, 7) is 0. The molecule has 0 aliphatic rings. The first-order valence-corrected chi connectivity index (χ1v) is 10.0. The number of aromatic nitrogens is 1. The maximum absolute atomic E-state index is 12.4. The summed E-state index contributed by atoms with van der Waals surface area (Å²) < 4.78 is 31.0. The van der Waals surface area contributed by atoms with Crippen LogP contribution >= 0.6 is 11.3 Å². The molecule has 0 saturated carbocycles. The normalized spacial score (nSPS) is 12.5. The third kappa shape index (κ3) is 3.49. The number of rotatable bonds is 3. The Morgan fingerprint density at radius 2 is 1.96 bits per heavy atom. The Balaban J connectivity index is 2.10. The van der Waals surface area contributed by atoms with Crippen molar-refractivity contribution in [2.45, 2.75) is 4.90 Å². The Kier molecular flexibility index (Phi) is 4.49. The summed E-state index contributed by atoms with van der Waals surface area (Å²) in [5.74, 6) is 0.198. The molecular weight excluding hydrogens is 360 g/mol. The van der Waals surface area contributed by atoms with Crippen molar-refractivity contribution in [2.75, 3.05) is 13.4 Å². The van der Waals surface area contributed by atoms with Crippen LogP contribution in [-0.4, -0.2) is 32.3 Å². The van der Waals surface area contributed by atoms with E-state index in [1.807, 2.05) is 0 Å². The molecule has 1 amide bonds. The van der Waals surface area contributed by atoms with E-state index in [1.165, 1.54) is 24.7 Å². The first-order chi connectivity index (χ1) is 11.8. The molecule has 6 nitrogen and oxygen atoms in total. The lowest BCUT2D eigenvalue weighted by Gasteiger charge is -2.00. The average Bonchev–Trinajstić information content (AvgIpc) is 2.89. The van der Waals surface area contributed by atoms with Gasteiger partial charge in [0.15, 0.2) is 14.6 Å². The summed E-state index contributed by atoms with van der Waals surface area (Å²) in [4.78, 5) is 17.3. The molecule has 0 N–H and O–H groups in total. The fourth-order valence-electron chi connectivity index (χ4n) is 2.36. The second-order valence-corrected chi connectivity index (χ2v) is 8.52. The van der Waals surface area contributed by atoms with Crippen LogP contribution in [-0.2, 0) is 16.9 Å². The Morgan fingerprint density at radius 1 is 1.20 bits per heavy atom. The van der Waals surface area contributed by atoms with Gasteiger partial charge in [0.1, 0.15) is 5.75 Å². The van der Waals surface area contributed by atoms with Crippen LogP contribution in [0, 0.1) is 0 Å². The number of hydrogen-bond acceptors (Lipinski definition) is 5. The van der Waals surface area contributed by atoms with E-state index in [-0.39, 0.29) is 10.8 Å². The number of nitrogens with zero attached hydrogens (tertiary/aromatic N) is 2. The molecule has 0 unspecified atom stereocenters. The lowest BCUT2D eigenvalue weighted by atomic mass is 10.2. The molecule has 0 aliphatic heterocycles. The minimum atomic E-state index is -3.29. The second kappa shape index (κ2) is 6.45. The van der Waals surface area contributed by atoms with E-state index in [4.69, 9.17) is 4.74 Å². The molecule has 1 aromatic heterocycles. The summed E-state index contributed by atoms with van der Waals surface area (Å²) in [7, 11) is 0.0365. The van der Waals surface area contributed by atoms with Gasteiger partial charge in [-0.3, -0.25) is 4.79 Å². The lowest BCUT2D eigenvalue weighted by molar-refractivity contribution is 0.0997. The monoisotopic (exact) mass is 376 g/mol. The maximum atomic E-state index is 12.4. The highest BCUT2D eigenvalue weighted by atomic mass is 32.2.